The number of amides is 1. The van der Waals surface area contributed by atoms with Crippen molar-refractivity contribution in [2.45, 2.75) is 12.5 Å². The quantitative estimate of drug-likeness (QED) is 0.742. The summed E-state index contributed by atoms with van der Waals surface area (Å²) >= 11 is 0. The Balaban J connectivity index is 2.03. The van der Waals surface area contributed by atoms with E-state index in [9.17, 15) is 13.2 Å². The fraction of sp³-hybridized carbons (Fsp3) is 0.588. The van der Waals surface area contributed by atoms with Crippen LogP contribution in [0.1, 0.15) is 5.56 Å². The topological polar surface area (TPSA) is 79.0 Å². The first-order chi connectivity index (χ1) is 11.7. The van der Waals surface area contributed by atoms with Crippen LogP contribution in [-0.2, 0) is 21.2 Å². The van der Waals surface area contributed by atoms with Crippen LogP contribution in [0.5, 0.6) is 5.75 Å². The second-order valence-electron chi connectivity index (χ2n) is 6.80. The molecule has 7 nitrogen and oxygen atoms in total. The van der Waals surface area contributed by atoms with Gasteiger partial charge in [0.15, 0.2) is 0 Å². The Morgan fingerprint density at radius 3 is 2.68 bits per heavy atom. The minimum absolute atomic E-state index is 0.0685. The summed E-state index contributed by atoms with van der Waals surface area (Å²) in [5, 5.41) is 3.01. The van der Waals surface area contributed by atoms with Crippen LogP contribution in [0, 0.1) is 5.92 Å². The summed E-state index contributed by atoms with van der Waals surface area (Å²) in [4.78, 5) is 14.4. The minimum Gasteiger partial charge on any atom is -0.497 e. The van der Waals surface area contributed by atoms with Gasteiger partial charge < -0.3 is 15.0 Å². The van der Waals surface area contributed by atoms with E-state index in [2.05, 4.69) is 5.32 Å². The number of ether oxygens (including phenoxy) is 1. The highest BCUT2D eigenvalue weighted by molar-refractivity contribution is 7.88. The number of rotatable bonds is 7. The molecule has 0 spiro atoms. The van der Waals surface area contributed by atoms with Crippen LogP contribution in [0.3, 0.4) is 0 Å². The van der Waals surface area contributed by atoms with Gasteiger partial charge in [-0.1, -0.05) is 12.1 Å². The fourth-order valence-corrected chi connectivity index (χ4v) is 4.04. The van der Waals surface area contributed by atoms with Crippen molar-refractivity contribution in [2.24, 2.45) is 5.92 Å². The number of methoxy groups -OCH3 is 1. The summed E-state index contributed by atoms with van der Waals surface area (Å²) in [6, 6.07) is 7.19. The number of carbonyl (C=O) groups is 1. The number of hydrogen-bond acceptors (Lipinski definition) is 5. The number of benzene rings is 1. The van der Waals surface area contributed by atoms with Crippen molar-refractivity contribution in [3.05, 3.63) is 29.8 Å². The maximum atomic E-state index is 12.4. The molecule has 1 heterocycles. The van der Waals surface area contributed by atoms with Crippen molar-refractivity contribution >= 4 is 15.9 Å². The van der Waals surface area contributed by atoms with E-state index in [0.29, 0.717) is 18.8 Å². The highest BCUT2D eigenvalue weighted by Crippen LogP contribution is 2.21. The predicted molar refractivity (Wildman–Crippen MR) is 97.1 cm³/mol. The number of hydrogen-bond donors (Lipinski definition) is 1. The molecule has 1 aliphatic heterocycles. The normalized spacial score (nSPS) is 21.5. The molecule has 2 atom stereocenters. The lowest BCUT2D eigenvalue weighted by Crippen LogP contribution is -2.44. The van der Waals surface area contributed by atoms with E-state index in [4.69, 9.17) is 4.74 Å². The zero-order valence-electron chi connectivity index (χ0n) is 15.2. The Kier molecular flexibility index (Phi) is 6.42. The molecule has 0 aliphatic carbocycles. The summed E-state index contributed by atoms with van der Waals surface area (Å²) in [5.41, 5.74) is 0.860. The van der Waals surface area contributed by atoms with Gasteiger partial charge in [0, 0.05) is 31.6 Å². The molecule has 0 radical (unpaired) electrons. The standard InChI is InChI=1S/C17H27N3O4S/c1-19(2)10-14-11-20(25(4,22)23)12-16(14)18-17(21)9-13-6-5-7-15(8-13)24-3/h5-8,14,16H,9-12H2,1-4H3,(H,18,21)/t14-,16-/m1/s1. The number of nitrogens with one attached hydrogen (secondary N) is 1. The molecule has 0 aromatic heterocycles. The summed E-state index contributed by atoms with van der Waals surface area (Å²) in [7, 11) is 2.21. The van der Waals surface area contributed by atoms with Gasteiger partial charge in [-0.3, -0.25) is 4.79 Å². The largest absolute Gasteiger partial charge is 0.497 e. The van der Waals surface area contributed by atoms with E-state index in [-0.39, 0.29) is 24.3 Å². The lowest BCUT2D eigenvalue weighted by atomic mass is 10.0. The third-order valence-corrected chi connectivity index (χ3v) is 5.56. The van der Waals surface area contributed by atoms with Gasteiger partial charge in [-0.2, -0.15) is 4.31 Å². The molecule has 0 bridgehead atoms. The van der Waals surface area contributed by atoms with Crippen LogP contribution in [0.25, 0.3) is 0 Å². The van der Waals surface area contributed by atoms with Crippen LogP contribution < -0.4 is 10.1 Å². The first-order valence-electron chi connectivity index (χ1n) is 8.21. The van der Waals surface area contributed by atoms with Crippen LogP contribution in [0.4, 0.5) is 0 Å². The van der Waals surface area contributed by atoms with E-state index in [0.717, 1.165) is 12.1 Å². The lowest BCUT2D eigenvalue weighted by Gasteiger charge is -2.22. The minimum atomic E-state index is -3.26. The smallest absolute Gasteiger partial charge is 0.224 e. The summed E-state index contributed by atoms with van der Waals surface area (Å²) in [6.07, 6.45) is 1.45. The summed E-state index contributed by atoms with van der Waals surface area (Å²) in [5.74, 6) is 0.663. The maximum absolute atomic E-state index is 12.4. The Hall–Kier alpha value is -1.64. The van der Waals surface area contributed by atoms with Gasteiger partial charge in [0.1, 0.15) is 5.75 Å². The predicted octanol–water partition coefficient (Wildman–Crippen LogP) is 0.176. The molecule has 1 aromatic rings. The first kappa shape index (κ1) is 19.7. The Labute approximate surface area is 150 Å². The second kappa shape index (κ2) is 8.16. The average Bonchev–Trinajstić information content (AvgIpc) is 2.89. The van der Waals surface area contributed by atoms with Gasteiger partial charge in [0.2, 0.25) is 15.9 Å². The summed E-state index contributed by atoms with van der Waals surface area (Å²) < 4.78 is 30.3. The Morgan fingerprint density at radius 1 is 1.36 bits per heavy atom. The molecule has 0 unspecified atom stereocenters. The zero-order chi connectivity index (χ0) is 18.6. The molecule has 2 rings (SSSR count). The molecule has 1 aromatic carbocycles. The van der Waals surface area contributed by atoms with E-state index in [1.165, 1.54) is 10.6 Å². The van der Waals surface area contributed by atoms with E-state index < -0.39 is 10.0 Å². The van der Waals surface area contributed by atoms with E-state index in [1.807, 2.05) is 43.3 Å². The molecule has 1 aliphatic rings. The maximum Gasteiger partial charge on any atom is 0.224 e. The zero-order valence-corrected chi connectivity index (χ0v) is 16.0. The van der Waals surface area contributed by atoms with Crippen molar-refractivity contribution < 1.29 is 17.9 Å². The molecule has 140 valence electrons. The summed E-state index contributed by atoms with van der Waals surface area (Å²) in [6.45, 7) is 1.47. The van der Waals surface area contributed by atoms with Crippen molar-refractivity contribution in [2.75, 3.05) is 47.1 Å². The molecular weight excluding hydrogens is 342 g/mol. The number of sulfonamides is 1. The van der Waals surface area contributed by atoms with Crippen molar-refractivity contribution in [3.8, 4) is 5.75 Å². The van der Waals surface area contributed by atoms with Gasteiger partial charge >= 0.3 is 0 Å². The van der Waals surface area contributed by atoms with Gasteiger partial charge in [0.05, 0.1) is 19.8 Å². The van der Waals surface area contributed by atoms with Crippen LogP contribution in [0.2, 0.25) is 0 Å². The molecule has 1 saturated heterocycles. The van der Waals surface area contributed by atoms with Gasteiger partial charge in [-0.15, -0.1) is 0 Å². The Bertz CT molecular complexity index is 706. The molecular formula is C17H27N3O4S. The number of carbonyl (C=O) groups excluding carboxylic acids is 1. The van der Waals surface area contributed by atoms with Crippen LogP contribution >= 0.6 is 0 Å². The monoisotopic (exact) mass is 369 g/mol. The molecule has 8 heteroatoms. The van der Waals surface area contributed by atoms with Crippen LogP contribution in [-0.4, -0.2) is 76.7 Å². The van der Waals surface area contributed by atoms with Crippen molar-refractivity contribution in [1.82, 2.24) is 14.5 Å². The molecule has 1 amide bonds. The molecule has 1 N–H and O–H groups in total. The van der Waals surface area contributed by atoms with E-state index in [1.54, 1.807) is 7.11 Å². The SMILES string of the molecule is COc1cccc(CC(=O)N[C@@H]2CN(S(C)(=O)=O)C[C@H]2CN(C)C)c1. The van der Waals surface area contributed by atoms with Gasteiger partial charge in [-0.05, 0) is 31.8 Å². The van der Waals surface area contributed by atoms with Crippen LogP contribution in [0.15, 0.2) is 24.3 Å². The highest BCUT2D eigenvalue weighted by Gasteiger charge is 2.37. The lowest BCUT2D eigenvalue weighted by molar-refractivity contribution is -0.121. The van der Waals surface area contributed by atoms with Gasteiger partial charge in [0.25, 0.3) is 0 Å². The molecule has 25 heavy (non-hydrogen) atoms. The third kappa shape index (κ3) is 5.69. The third-order valence-electron chi connectivity index (χ3n) is 4.32. The highest BCUT2D eigenvalue weighted by atomic mass is 32.2. The van der Waals surface area contributed by atoms with Crippen molar-refractivity contribution in [3.63, 3.8) is 0 Å². The first-order valence-corrected chi connectivity index (χ1v) is 10.1. The fourth-order valence-electron chi connectivity index (χ4n) is 3.15. The molecule has 0 saturated carbocycles. The van der Waals surface area contributed by atoms with Gasteiger partial charge in [-0.25, -0.2) is 8.42 Å². The Morgan fingerprint density at radius 2 is 2.08 bits per heavy atom. The number of nitrogens with zero attached hydrogens (tertiary/aromatic N) is 2. The second-order valence-corrected chi connectivity index (χ2v) is 8.79. The molecule has 1 fully saturated rings. The van der Waals surface area contributed by atoms with E-state index >= 15 is 0 Å². The average molecular weight is 369 g/mol. The van der Waals surface area contributed by atoms with Crippen molar-refractivity contribution in [1.29, 1.82) is 0 Å².